The Hall–Kier alpha value is -3.68. The van der Waals surface area contributed by atoms with Crippen LogP contribution in [-0.4, -0.2) is 43.8 Å². The molecule has 2 atom stereocenters. The van der Waals surface area contributed by atoms with Gasteiger partial charge >= 0.3 is 6.09 Å². The Morgan fingerprint density at radius 1 is 1.33 bits per heavy atom. The summed E-state index contributed by atoms with van der Waals surface area (Å²) in [6, 6.07) is 12.3. The molecular formula is C25H26FN3O4. The molecule has 8 heteroatoms. The molecule has 0 bridgehead atoms. The molecule has 2 amide bonds. The number of amides is 2. The second kappa shape index (κ2) is 9.44. The molecule has 0 spiro atoms. The second-order valence-electron chi connectivity index (χ2n) is 8.16. The number of pyridine rings is 1. The average Bonchev–Trinajstić information content (AvgIpc) is 3.19. The predicted molar refractivity (Wildman–Crippen MR) is 123 cm³/mol. The summed E-state index contributed by atoms with van der Waals surface area (Å²) in [5.74, 6) is -0.317. The van der Waals surface area contributed by atoms with Gasteiger partial charge < -0.3 is 14.8 Å². The Balaban J connectivity index is 1.55. The van der Waals surface area contributed by atoms with E-state index < -0.39 is 18.1 Å². The summed E-state index contributed by atoms with van der Waals surface area (Å²) in [4.78, 5) is 31.0. The second-order valence-corrected chi connectivity index (χ2v) is 8.16. The van der Waals surface area contributed by atoms with Gasteiger partial charge in [-0.25, -0.2) is 9.18 Å². The van der Waals surface area contributed by atoms with E-state index in [0.717, 1.165) is 16.5 Å². The van der Waals surface area contributed by atoms with Gasteiger partial charge in [-0.05, 0) is 55.2 Å². The lowest BCUT2D eigenvalue weighted by molar-refractivity contribution is -0.125. The smallest absolute Gasteiger partial charge is 0.414 e. The van der Waals surface area contributed by atoms with Gasteiger partial charge in [0.25, 0.3) is 0 Å². The van der Waals surface area contributed by atoms with Crippen LogP contribution in [0.1, 0.15) is 17.5 Å². The largest absolute Gasteiger partial charge is 0.495 e. The highest BCUT2D eigenvalue weighted by atomic mass is 19.1. The standard InChI is InChI=1S/C25H26FN3O4/c1-15-7-8-18(11-22(15)26)29-14-20(33-25(29)31)10-17(24(30)27-2)9-16-5-4-6-23-21(16)12-19(32-3)13-28-23/h4-8,11-13,17,20H,9-10,14H2,1-3H3,(H,27,30)/t17?,20-/m1/s1. The van der Waals surface area contributed by atoms with Crippen molar-refractivity contribution in [1.82, 2.24) is 10.3 Å². The third kappa shape index (κ3) is 4.74. The molecule has 172 valence electrons. The van der Waals surface area contributed by atoms with Crippen LogP contribution in [0.3, 0.4) is 0 Å². The van der Waals surface area contributed by atoms with Gasteiger partial charge in [0.15, 0.2) is 0 Å². The minimum absolute atomic E-state index is 0.140. The van der Waals surface area contributed by atoms with Gasteiger partial charge in [0.2, 0.25) is 5.91 Å². The maximum atomic E-state index is 14.0. The van der Waals surface area contributed by atoms with Gasteiger partial charge in [0.1, 0.15) is 17.7 Å². The van der Waals surface area contributed by atoms with Gasteiger partial charge in [0.05, 0.1) is 31.1 Å². The topological polar surface area (TPSA) is 80.8 Å². The molecule has 1 aliphatic rings. The summed E-state index contributed by atoms with van der Waals surface area (Å²) in [7, 11) is 3.17. The van der Waals surface area contributed by atoms with Crippen LogP contribution in [0.5, 0.6) is 5.75 Å². The highest BCUT2D eigenvalue weighted by Gasteiger charge is 2.35. The fraction of sp³-hybridized carbons (Fsp3) is 0.320. The van der Waals surface area contributed by atoms with E-state index in [1.807, 2.05) is 24.3 Å². The van der Waals surface area contributed by atoms with Crippen LogP contribution in [0.2, 0.25) is 0 Å². The number of fused-ring (bicyclic) bond motifs is 1. The van der Waals surface area contributed by atoms with Crippen molar-refractivity contribution in [2.75, 3.05) is 25.6 Å². The SMILES string of the molecule is CNC(=O)C(Cc1cccc2ncc(OC)cc12)C[C@@H]1CN(c2ccc(C)c(F)c2)C(=O)O1. The summed E-state index contributed by atoms with van der Waals surface area (Å²) < 4.78 is 24.8. The number of anilines is 1. The minimum Gasteiger partial charge on any atom is -0.495 e. The Morgan fingerprint density at radius 3 is 2.88 bits per heavy atom. The Bertz CT molecular complexity index is 1200. The van der Waals surface area contributed by atoms with Crippen molar-refractivity contribution in [3.63, 3.8) is 0 Å². The number of rotatable bonds is 7. The van der Waals surface area contributed by atoms with E-state index in [0.29, 0.717) is 29.8 Å². The van der Waals surface area contributed by atoms with Gasteiger partial charge in [-0.1, -0.05) is 18.2 Å². The Kier molecular flexibility index (Phi) is 6.44. The lowest BCUT2D eigenvalue weighted by atomic mass is 9.91. The maximum absolute atomic E-state index is 14.0. The number of benzene rings is 2. The van der Waals surface area contributed by atoms with Gasteiger partial charge in [-0.3, -0.25) is 14.7 Å². The van der Waals surface area contributed by atoms with Crippen molar-refractivity contribution >= 4 is 28.6 Å². The number of aryl methyl sites for hydroxylation is 1. The lowest BCUT2D eigenvalue weighted by Crippen LogP contribution is -2.33. The third-order valence-electron chi connectivity index (χ3n) is 6.00. The molecule has 0 saturated carbocycles. The summed E-state index contributed by atoms with van der Waals surface area (Å²) in [5, 5.41) is 3.62. The number of methoxy groups -OCH3 is 1. The minimum atomic E-state index is -0.544. The predicted octanol–water partition coefficient (Wildman–Crippen LogP) is 4.01. The number of hydrogen-bond donors (Lipinski definition) is 1. The normalized spacial score (nSPS) is 16.5. The fourth-order valence-corrected chi connectivity index (χ4v) is 4.16. The van der Waals surface area contributed by atoms with Crippen LogP contribution in [-0.2, 0) is 16.0 Å². The monoisotopic (exact) mass is 451 g/mol. The first kappa shape index (κ1) is 22.5. The summed E-state index contributed by atoms with van der Waals surface area (Å²) >= 11 is 0. The molecule has 0 aliphatic carbocycles. The van der Waals surface area contributed by atoms with E-state index in [1.54, 1.807) is 39.4 Å². The molecular weight excluding hydrogens is 425 g/mol. The highest BCUT2D eigenvalue weighted by molar-refractivity contribution is 5.90. The van der Waals surface area contributed by atoms with Crippen LogP contribution in [0, 0.1) is 18.7 Å². The summed E-state index contributed by atoms with van der Waals surface area (Å²) in [6.07, 6.45) is 1.40. The molecule has 0 radical (unpaired) electrons. The van der Waals surface area contributed by atoms with E-state index >= 15 is 0 Å². The Labute approximate surface area is 191 Å². The van der Waals surface area contributed by atoms with E-state index in [1.165, 1.54) is 11.0 Å². The van der Waals surface area contributed by atoms with Crippen molar-refractivity contribution in [3.05, 3.63) is 65.6 Å². The number of halogens is 1. The average molecular weight is 451 g/mol. The van der Waals surface area contributed by atoms with Gasteiger partial charge in [0, 0.05) is 18.4 Å². The quantitative estimate of drug-likeness (QED) is 0.587. The maximum Gasteiger partial charge on any atom is 0.414 e. The molecule has 2 heterocycles. The summed E-state index contributed by atoms with van der Waals surface area (Å²) in [6.45, 7) is 1.91. The van der Waals surface area contributed by atoms with Crippen LogP contribution < -0.4 is 15.0 Å². The highest BCUT2D eigenvalue weighted by Crippen LogP contribution is 2.29. The number of hydrogen-bond acceptors (Lipinski definition) is 5. The molecule has 4 rings (SSSR count). The van der Waals surface area contributed by atoms with Crippen molar-refractivity contribution < 1.29 is 23.5 Å². The molecule has 33 heavy (non-hydrogen) atoms. The van der Waals surface area contributed by atoms with E-state index in [2.05, 4.69) is 10.3 Å². The zero-order valence-electron chi connectivity index (χ0n) is 18.8. The van der Waals surface area contributed by atoms with Crippen molar-refractivity contribution in [1.29, 1.82) is 0 Å². The number of carbonyl (C=O) groups excluding carboxylic acids is 2. The first-order valence-corrected chi connectivity index (χ1v) is 10.8. The van der Waals surface area contributed by atoms with Gasteiger partial charge in [-0.15, -0.1) is 0 Å². The van der Waals surface area contributed by atoms with Crippen LogP contribution in [0.15, 0.2) is 48.7 Å². The Morgan fingerprint density at radius 2 is 2.15 bits per heavy atom. The molecule has 1 aromatic heterocycles. The van der Waals surface area contributed by atoms with E-state index in [-0.39, 0.29) is 18.3 Å². The molecule has 7 nitrogen and oxygen atoms in total. The molecule has 1 N–H and O–H groups in total. The number of cyclic esters (lactones) is 1. The van der Waals surface area contributed by atoms with E-state index in [4.69, 9.17) is 9.47 Å². The van der Waals surface area contributed by atoms with Crippen LogP contribution in [0.4, 0.5) is 14.9 Å². The van der Waals surface area contributed by atoms with Crippen molar-refractivity contribution in [2.45, 2.75) is 25.9 Å². The van der Waals surface area contributed by atoms with Crippen molar-refractivity contribution in [2.24, 2.45) is 5.92 Å². The van der Waals surface area contributed by atoms with E-state index in [9.17, 15) is 14.0 Å². The lowest BCUT2D eigenvalue weighted by Gasteiger charge is -2.19. The number of carbonyl (C=O) groups is 2. The number of aromatic nitrogens is 1. The fourth-order valence-electron chi connectivity index (χ4n) is 4.16. The molecule has 3 aromatic rings. The molecule has 1 fully saturated rings. The third-order valence-corrected chi connectivity index (χ3v) is 6.00. The molecule has 2 aromatic carbocycles. The van der Waals surface area contributed by atoms with Crippen molar-refractivity contribution in [3.8, 4) is 5.75 Å². The summed E-state index contributed by atoms with van der Waals surface area (Å²) in [5.41, 5.74) is 2.70. The van der Waals surface area contributed by atoms with Crippen LogP contribution >= 0.6 is 0 Å². The van der Waals surface area contributed by atoms with Gasteiger partial charge in [-0.2, -0.15) is 0 Å². The van der Waals surface area contributed by atoms with Crippen LogP contribution in [0.25, 0.3) is 10.9 Å². The number of nitrogens with one attached hydrogen (secondary N) is 1. The zero-order chi connectivity index (χ0) is 23.5. The first-order valence-electron chi connectivity index (χ1n) is 10.8. The molecule has 1 aliphatic heterocycles. The number of ether oxygens (including phenoxy) is 2. The molecule has 1 saturated heterocycles. The molecule has 1 unspecified atom stereocenters. The first-order chi connectivity index (χ1) is 15.9. The number of nitrogens with zero attached hydrogens (tertiary/aromatic N) is 2. The zero-order valence-corrected chi connectivity index (χ0v) is 18.8.